The highest BCUT2D eigenvalue weighted by molar-refractivity contribution is 7.20. The summed E-state index contributed by atoms with van der Waals surface area (Å²) in [7, 11) is -6.60. The van der Waals surface area contributed by atoms with Gasteiger partial charge in [-0.05, 0) is 167 Å². The van der Waals surface area contributed by atoms with Crippen LogP contribution in [-0.4, -0.2) is 22.9 Å². The third kappa shape index (κ3) is 12.1. The van der Waals surface area contributed by atoms with Gasteiger partial charge in [-0.3, -0.25) is 0 Å². The first-order valence-electron chi connectivity index (χ1n) is 40.5. The van der Waals surface area contributed by atoms with E-state index < -0.39 is 22.2 Å². The van der Waals surface area contributed by atoms with Gasteiger partial charge in [0.2, 0.25) is 0 Å². The lowest BCUT2D eigenvalue weighted by atomic mass is 9.33. The Balaban J connectivity index is 0.913. The van der Waals surface area contributed by atoms with E-state index in [0.717, 1.165) is 88.3 Å². The summed E-state index contributed by atoms with van der Waals surface area (Å²) >= 11 is 0. The van der Waals surface area contributed by atoms with Gasteiger partial charge in [0.15, 0.2) is 16.1 Å². The Morgan fingerprint density at radius 1 is 0.239 bits per heavy atom. The first-order valence-corrected chi connectivity index (χ1v) is 42.0. The molecule has 5 heteroatoms. The van der Waals surface area contributed by atoms with E-state index in [-0.39, 0.29) is 47.3 Å². The quantitative estimate of drug-likeness (QED) is 0.0746. The van der Waals surface area contributed by atoms with Gasteiger partial charge in [0.05, 0.1) is 18.2 Å². The monoisotopic (exact) mass is 1430 g/mol. The van der Waals surface area contributed by atoms with E-state index >= 15 is 0 Å². The minimum absolute atomic E-state index is 0.159. The summed E-state index contributed by atoms with van der Waals surface area (Å²) in [6.45, 7) is 13.8. The standard InChI is InChI=1S/C104H85BN2Si2/c1-103(2,3)82-60-66-97(93(70-82)78-41-21-10-22-42-78)107-98-69-81(76-57-61-88(62-58-76)108(84-45-23-11-24-46-84,85-47-25-12-26-48-85)89-53-33-43-79(67-89)74-35-15-7-16-36-74)59-64-94(98)105-95-65-63-91(109(86-49-27-13-28-50-86,87-51-29-14-30-52-87)90-54-34-44-80(68-90)75-37-17-8-18-38-75)73-99(95)106(100-71-83(104(4,5)6)72-101(107)102(100)105)96-56-32-31-55-92(96)77-39-19-9-20-40-77/h7-73H,1-6H3/i7D,15D,16D,35D,36D. The molecule has 0 fully saturated rings. The number of fused-ring (bicyclic) bond motifs is 4. The van der Waals surface area contributed by atoms with Crippen LogP contribution in [0.2, 0.25) is 0 Å². The molecule has 0 spiro atoms. The van der Waals surface area contributed by atoms with Crippen LogP contribution in [0.1, 0.15) is 59.5 Å². The highest BCUT2D eigenvalue weighted by atomic mass is 28.3. The van der Waals surface area contributed by atoms with E-state index in [0.29, 0.717) is 5.56 Å². The third-order valence-electron chi connectivity index (χ3n) is 22.8. The third-order valence-corrected chi connectivity index (χ3v) is 32.3. The van der Waals surface area contributed by atoms with E-state index in [9.17, 15) is 2.74 Å². The van der Waals surface area contributed by atoms with E-state index in [4.69, 9.17) is 4.11 Å². The lowest BCUT2D eigenvalue weighted by Gasteiger charge is -2.46. The molecule has 16 aromatic rings. The van der Waals surface area contributed by atoms with Crippen LogP contribution in [0, 0.1) is 0 Å². The summed E-state index contributed by atoms with van der Waals surface area (Å²) < 4.78 is 44.4. The van der Waals surface area contributed by atoms with Crippen molar-refractivity contribution in [3.8, 4) is 55.6 Å². The molecule has 2 aliphatic rings. The number of rotatable bonds is 15. The summed E-state index contributed by atoms with van der Waals surface area (Å²) in [6, 6.07) is 138. The molecule has 0 radical (unpaired) electrons. The number of hydrogen-bond acceptors (Lipinski definition) is 2. The number of hydrogen-bond donors (Lipinski definition) is 0. The number of benzene rings is 16. The van der Waals surface area contributed by atoms with Crippen molar-refractivity contribution in [2.45, 2.75) is 52.4 Å². The Kier molecular flexibility index (Phi) is 16.2. The zero-order chi connectivity index (χ0) is 78.2. The van der Waals surface area contributed by atoms with Crippen molar-refractivity contribution in [1.29, 1.82) is 0 Å². The van der Waals surface area contributed by atoms with E-state index in [1.54, 1.807) is 0 Å². The fourth-order valence-corrected chi connectivity index (χ4v) is 27.0. The van der Waals surface area contributed by atoms with Gasteiger partial charge in [-0.2, -0.15) is 0 Å². The zero-order valence-corrected chi connectivity index (χ0v) is 64.3. The van der Waals surface area contributed by atoms with Crippen molar-refractivity contribution in [3.63, 3.8) is 0 Å². The van der Waals surface area contributed by atoms with Crippen LogP contribution in [-0.2, 0) is 10.8 Å². The number of nitrogens with zero attached hydrogens (tertiary/aromatic N) is 2. The molecule has 0 bridgehead atoms. The average molecular weight is 1430 g/mol. The first kappa shape index (κ1) is 62.8. The van der Waals surface area contributed by atoms with Crippen LogP contribution in [0.4, 0.5) is 34.1 Å². The molecule has 0 aromatic heterocycles. The summed E-state index contributed by atoms with van der Waals surface area (Å²) in [5.74, 6) is 0. The van der Waals surface area contributed by atoms with Crippen LogP contribution in [0.15, 0.2) is 406 Å². The minimum atomic E-state index is -3.31. The maximum atomic E-state index is 9.18. The average Bonchev–Trinajstić information content (AvgIpc) is 0.687. The van der Waals surface area contributed by atoms with Crippen LogP contribution in [0.25, 0.3) is 55.6 Å². The molecule has 2 nitrogen and oxygen atoms in total. The summed E-state index contributed by atoms with van der Waals surface area (Å²) in [5.41, 5.74) is 22.1. The van der Waals surface area contributed by atoms with Crippen molar-refractivity contribution in [3.05, 3.63) is 417 Å². The smallest absolute Gasteiger partial charge is 0.252 e. The van der Waals surface area contributed by atoms with Crippen LogP contribution >= 0.6 is 0 Å². The second-order valence-electron chi connectivity index (χ2n) is 31.1. The van der Waals surface area contributed by atoms with Crippen molar-refractivity contribution < 1.29 is 6.85 Å². The SMILES string of the molecule is [2H]c1c([2H])c([2H])c(-c2cccc([Si](c3ccccc3)(c3ccccc3)c3ccc(-c4ccc5c(c4)N(c4ccc(C(C)(C)C)cc4-c4ccccc4)c4cc(C(C)(C)C)cc6c4B5c4ccc([Si](c5ccccc5)(c5ccccc5)c5cccc(-c7ccccc7)c5)cc4N6c4ccccc4-c4ccccc4)cc3)c2)c([2H])c1[2H]. The fraction of sp³-hybridized carbons (Fsp3) is 0.0769. The fourth-order valence-electron chi connectivity index (χ4n) is 17.5. The molecule has 0 N–H and O–H groups in total. The second kappa shape index (κ2) is 28.1. The van der Waals surface area contributed by atoms with Gasteiger partial charge in [-0.25, -0.2) is 0 Å². The predicted molar refractivity (Wildman–Crippen MR) is 472 cm³/mol. The highest BCUT2D eigenvalue weighted by Gasteiger charge is 2.49. The van der Waals surface area contributed by atoms with Gasteiger partial charge in [0.1, 0.15) is 0 Å². The Hall–Kier alpha value is -12.4. The van der Waals surface area contributed by atoms with Gasteiger partial charge in [-0.15, -0.1) is 0 Å². The van der Waals surface area contributed by atoms with Crippen LogP contribution in [0.5, 0.6) is 0 Å². The maximum absolute atomic E-state index is 9.18. The summed E-state index contributed by atoms with van der Waals surface area (Å²) in [4.78, 5) is 5.28. The molecule has 2 heterocycles. The Labute approximate surface area is 652 Å². The molecule has 0 amide bonds. The van der Waals surface area contributed by atoms with Gasteiger partial charge < -0.3 is 9.80 Å². The molecular weight excluding hydrogens is 1340 g/mol. The Morgan fingerprint density at radius 2 is 0.596 bits per heavy atom. The van der Waals surface area contributed by atoms with Gasteiger partial charge in [0, 0.05) is 33.9 Å². The van der Waals surface area contributed by atoms with Crippen LogP contribution in [0.3, 0.4) is 0 Å². The zero-order valence-electron chi connectivity index (χ0n) is 67.3. The van der Waals surface area contributed by atoms with Crippen molar-refractivity contribution >= 4 is 115 Å². The van der Waals surface area contributed by atoms with Gasteiger partial charge in [0.25, 0.3) is 6.71 Å². The van der Waals surface area contributed by atoms with E-state index in [1.807, 2.05) is 12.1 Å². The second-order valence-corrected chi connectivity index (χ2v) is 38.7. The molecule has 109 heavy (non-hydrogen) atoms. The van der Waals surface area contributed by atoms with Crippen molar-refractivity contribution in [2.24, 2.45) is 0 Å². The normalized spacial score (nSPS) is 13.3. The molecule has 0 saturated heterocycles. The highest BCUT2D eigenvalue weighted by Crippen LogP contribution is 2.51. The van der Waals surface area contributed by atoms with Crippen molar-refractivity contribution in [2.75, 3.05) is 9.80 Å². The number of anilines is 6. The Bertz CT molecular complexity index is 6210. The predicted octanol–water partition coefficient (Wildman–Crippen LogP) is 19.5. The molecule has 522 valence electrons. The summed E-state index contributed by atoms with van der Waals surface area (Å²) in [6.07, 6.45) is 0. The molecule has 0 atom stereocenters. The molecule has 0 aliphatic carbocycles. The van der Waals surface area contributed by atoms with Gasteiger partial charge >= 0.3 is 0 Å². The van der Waals surface area contributed by atoms with E-state index in [1.165, 1.54) is 59.4 Å². The number of para-hydroxylation sites is 1. The topological polar surface area (TPSA) is 6.48 Å². The largest absolute Gasteiger partial charge is 0.311 e. The molecular formula is C104H85BN2Si2. The lowest BCUT2D eigenvalue weighted by Crippen LogP contribution is -2.75. The molecule has 0 unspecified atom stereocenters. The molecule has 18 rings (SSSR count). The molecule has 2 aliphatic heterocycles. The minimum Gasteiger partial charge on any atom is -0.311 e. The van der Waals surface area contributed by atoms with E-state index in [2.05, 4.69) is 415 Å². The summed E-state index contributed by atoms with van der Waals surface area (Å²) in [5, 5.41) is 9.63. The molecule has 16 aromatic carbocycles. The first-order chi connectivity index (χ1) is 55.4. The lowest BCUT2D eigenvalue weighted by molar-refractivity contribution is 0.590. The van der Waals surface area contributed by atoms with Crippen molar-refractivity contribution in [1.82, 2.24) is 0 Å². The van der Waals surface area contributed by atoms with Crippen LogP contribution < -0.4 is 67.7 Å². The molecule has 0 saturated carbocycles. The maximum Gasteiger partial charge on any atom is 0.252 e. The van der Waals surface area contributed by atoms with Gasteiger partial charge in [-0.1, -0.05) is 405 Å². The Morgan fingerprint density at radius 3 is 1.11 bits per heavy atom.